The van der Waals surface area contributed by atoms with Gasteiger partial charge in [-0.05, 0) is 6.92 Å². The van der Waals surface area contributed by atoms with E-state index in [1.165, 1.54) is 0 Å². The van der Waals surface area contributed by atoms with Crippen LogP contribution in [0.25, 0.3) is 0 Å². The Kier molecular flexibility index (Phi) is 3.96. The Morgan fingerprint density at radius 2 is 2.00 bits per heavy atom. The number of nitrogens with zero attached hydrogens (tertiary/aromatic N) is 1. The molecule has 0 radical (unpaired) electrons. The van der Waals surface area contributed by atoms with E-state index in [0.717, 1.165) is 0 Å². The Hall–Kier alpha value is 0.650. The van der Waals surface area contributed by atoms with Gasteiger partial charge in [0, 0.05) is 14.1 Å². The van der Waals surface area contributed by atoms with E-state index in [9.17, 15) is 0 Å². The molecule has 44 valence electrons. The number of rotatable bonds is 2. The van der Waals surface area contributed by atoms with Crippen molar-refractivity contribution in [3.63, 3.8) is 0 Å². The van der Waals surface area contributed by atoms with Gasteiger partial charge in [0.05, 0.1) is 4.05 Å². The van der Waals surface area contributed by atoms with E-state index in [4.69, 9.17) is 0 Å². The van der Waals surface area contributed by atoms with E-state index in [2.05, 4.69) is 34.9 Å². The smallest absolute Gasteiger partial charge is 0.0701 e. The standard InChI is InChI=1S/C4H11IN2/c1-4(5)6-7(2)3/h4,6H,1-3H3. The van der Waals surface area contributed by atoms with Crippen LogP contribution in [0.2, 0.25) is 0 Å². The molecule has 1 atom stereocenters. The third kappa shape index (κ3) is 6.65. The lowest BCUT2D eigenvalue weighted by Crippen LogP contribution is -2.34. The van der Waals surface area contributed by atoms with Crippen LogP contribution in [0.3, 0.4) is 0 Å². The molecule has 0 aromatic carbocycles. The second kappa shape index (κ2) is 3.63. The highest BCUT2D eigenvalue weighted by atomic mass is 127. The molecular weight excluding hydrogens is 203 g/mol. The summed E-state index contributed by atoms with van der Waals surface area (Å²) in [5.41, 5.74) is 3.13. The first-order valence-corrected chi connectivity index (χ1v) is 3.45. The van der Waals surface area contributed by atoms with Gasteiger partial charge in [0.25, 0.3) is 0 Å². The molecule has 2 nitrogen and oxygen atoms in total. The first kappa shape index (κ1) is 7.65. The van der Waals surface area contributed by atoms with Crippen molar-refractivity contribution < 1.29 is 0 Å². The minimum absolute atomic E-state index is 0.521. The van der Waals surface area contributed by atoms with Gasteiger partial charge < -0.3 is 0 Å². The molecule has 0 fully saturated rings. The molecule has 0 aliphatic rings. The van der Waals surface area contributed by atoms with Crippen LogP contribution < -0.4 is 5.43 Å². The largest absolute Gasteiger partial charge is 0.250 e. The minimum Gasteiger partial charge on any atom is -0.250 e. The van der Waals surface area contributed by atoms with Crippen LogP contribution in [0.15, 0.2) is 0 Å². The number of hydrazine groups is 1. The van der Waals surface area contributed by atoms with Gasteiger partial charge in [-0.2, -0.15) is 0 Å². The summed E-state index contributed by atoms with van der Waals surface area (Å²) in [4.78, 5) is 0. The zero-order valence-corrected chi connectivity index (χ0v) is 7.06. The summed E-state index contributed by atoms with van der Waals surface area (Å²) in [6.45, 7) is 2.10. The minimum atomic E-state index is 0.521. The van der Waals surface area contributed by atoms with Gasteiger partial charge in [0.2, 0.25) is 0 Å². The van der Waals surface area contributed by atoms with Crippen molar-refractivity contribution in [1.82, 2.24) is 10.4 Å². The van der Waals surface area contributed by atoms with Crippen LogP contribution in [0.1, 0.15) is 6.92 Å². The molecule has 0 saturated carbocycles. The molecule has 0 aromatic rings. The van der Waals surface area contributed by atoms with Crippen LogP contribution in [0, 0.1) is 0 Å². The van der Waals surface area contributed by atoms with Crippen molar-refractivity contribution in [3.8, 4) is 0 Å². The molecular formula is C4H11IN2. The van der Waals surface area contributed by atoms with Crippen LogP contribution in [-0.4, -0.2) is 23.2 Å². The number of hydrogen-bond donors (Lipinski definition) is 1. The molecule has 0 aromatic heterocycles. The number of alkyl halides is 1. The SMILES string of the molecule is CC(I)NN(C)C. The summed E-state index contributed by atoms with van der Waals surface area (Å²) in [5, 5.41) is 1.94. The van der Waals surface area contributed by atoms with E-state index in [-0.39, 0.29) is 0 Å². The fourth-order valence-electron chi connectivity index (χ4n) is 0.356. The molecule has 0 bridgehead atoms. The number of halogens is 1. The van der Waals surface area contributed by atoms with E-state index < -0.39 is 0 Å². The summed E-state index contributed by atoms with van der Waals surface area (Å²) in [5.74, 6) is 0. The van der Waals surface area contributed by atoms with Gasteiger partial charge in [-0.25, -0.2) is 10.4 Å². The lowest BCUT2D eigenvalue weighted by atomic mass is 10.8. The molecule has 7 heavy (non-hydrogen) atoms. The molecule has 1 unspecified atom stereocenters. The van der Waals surface area contributed by atoms with Crippen LogP contribution in [-0.2, 0) is 0 Å². The Labute approximate surface area is 58.4 Å². The molecule has 0 rings (SSSR count). The molecule has 3 heteroatoms. The zero-order chi connectivity index (χ0) is 5.86. The monoisotopic (exact) mass is 214 g/mol. The van der Waals surface area contributed by atoms with Crippen LogP contribution in [0.5, 0.6) is 0 Å². The summed E-state index contributed by atoms with van der Waals surface area (Å²) in [7, 11) is 3.96. The van der Waals surface area contributed by atoms with Crippen molar-refractivity contribution in [3.05, 3.63) is 0 Å². The van der Waals surface area contributed by atoms with Gasteiger partial charge in [-0.3, -0.25) is 0 Å². The van der Waals surface area contributed by atoms with Crippen molar-refractivity contribution >= 4 is 22.6 Å². The molecule has 0 aliphatic heterocycles. The topological polar surface area (TPSA) is 15.3 Å². The average Bonchev–Trinajstić information content (AvgIpc) is 1.27. The maximum atomic E-state index is 3.13. The molecule has 0 amide bonds. The fourth-order valence-corrected chi connectivity index (χ4v) is 0.913. The lowest BCUT2D eigenvalue weighted by Gasteiger charge is -2.12. The Morgan fingerprint density at radius 3 is 2.00 bits per heavy atom. The van der Waals surface area contributed by atoms with Crippen molar-refractivity contribution in [2.24, 2.45) is 0 Å². The van der Waals surface area contributed by atoms with E-state index in [1.807, 2.05) is 19.1 Å². The van der Waals surface area contributed by atoms with Crippen molar-refractivity contribution in [1.29, 1.82) is 0 Å². The number of hydrogen-bond acceptors (Lipinski definition) is 2. The third-order valence-corrected chi connectivity index (χ3v) is 0.715. The zero-order valence-electron chi connectivity index (χ0n) is 4.90. The van der Waals surface area contributed by atoms with Crippen molar-refractivity contribution in [2.45, 2.75) is 11.0 Å². The van der Waals surface area contributed by atoms with E-state index >= 15 is 0 Å². The third-order valence-electron chi connectivity index (χ3n) is 0.436. The fraction of sp³-hybridized carbons (Fsp3) is 1.00. The average molecular weight is 214 g/mol. The lowest BCUT2D eigenvalue weighted by molar-refractivity contribution is 0.292. The maximum absolute atomic E-state index is 3.13. The van der Waals surface area contributed by atoms with Crippen molar-refractivity contribution in [2.75, 3.05) is 14.1 Å². The highest BCUT2D eigenvalue weighted by molar-refractivity contribution is 14.1. The normalized spacial score (nSPS) is 15.0. The predicted molar refractivity (Wildman–Crippen MR) is 40.3 cm³/mol. The second-order valence-electron chi connectivity index (χ2n) is 1.64. The van der Waals surface area contributed by atoms with E-state index in [1.54, 1.807) is 0 Å². The van der Waals surface area contributed by atoms with Crippen LogP contribution >= 0.6 is 22.6 Å². The summed E-state index contributed by atoms with van der Waals surface area (Å²) in [6, 6.07) is 0. The Balaban J connectivity index is 2.95. The summed E-state index contributed by atoms with van der Waals surface area (Å²) in [6.07, 6.45) is 0. The molecule has 0 spiro atoms. The first-order chi connectivity index (χ1) is 3.13. The molecule has 0 saturated heterocycles. The second-order valence-corrected chi connectivity index (χ2v) is 3.51. The van der Waals surface area contributed by atoms with Gasteiger partial charge >= 0.3 is 0 Å². The van der Waals surface area contributed by atoms with E-state index in [0.29, 0.717) is 4.05 Å². The Bertz CT molecular complexity index is 39.0. The summed E-state index contributed by atoms with van der Waals surface area (Å²) < 4.78 is 0.521. The molecule has 0 heterocycles. The molecule has 1 N–H and O–H groups in total. The van der Waals surface area contributed by atoms with Gasteiger partial charge in [-0.15, -0.1) is 0 Å². The quantitative estimate of drug-likeness (QED) is 0.317. The van der Waals surface area contributed by atoms with Gasteiger partial charge in [0.15, 0.2) is 0 Å². The van der Waals surface area contributed by atoms with Gasteiger partial charge in [0.1, 0.15) is 0 Å². The predicted octanol–water partition coefficient (Wildman–Crippen LogP) is 0.834. The van der Waals surface area contributed by atoms with Gasteiger partial charge in [-0.1, -0.05) is 22.6 Å². The maximum Gasteiger partial charge on any atom is 0.0701 e. The Morgan fingerprint density at radius 1 is 1.57 bits per heavy atom. The number of nitrogens with one attached hydrogen (secondary N) is 1. The van der Waals surface area contributed by atoms with Crippen LogP contribution in [0.4, 0.5) is 0 Å². The highest BCUT2D eigenvalue weighted by Crippen LogP contribution is 1.90. The first-order valence-electron chi connectivity index (χ1n) is 2.20. The highest BCUT2D eigenvalue weighted by Gasteiger charge is 1.91. The summed E-state index contributed by atoms with van der Waals surface area (Å²) >= 11 is 2.30. The molecule has 0 aliphatic carbocycles.